The lowest BCUT2D eigenvalue weighted by Crippen LogP contribution is -2.25. The van der Waals surface area contributed by atoms with Gasteiger partial charge in [-0.25, -0.2) is 0 Å². The molecule has 2 rings (SSSR count). The summed E-state index contributed by atoms with van der Waals surface area (Å²) < 4.78 is 5.85. The van der Waals surface area contributed by atoms with Gasteiger partial charge in [0, 0.05) is 11.2 Å². The van der Waals surface area contributed by atoms with Gasteiger partial charge in [0.2, 0.25) is 11.0 Å². The van der Waals surface area contributed by atoms with Gasteiger partial charge in [-0.2, -0.15) is 0 Å². The molecule has 23 heavy (non-hydrogen) atoms. The van der Waals surface area contributed by atoms with Crippen LogP contribution in [-0.2, 0) is 4.79 Å². The largest absolute Gasteiger partial charge is 0.497 e. The number of nitrogens with zero attached hydrogens (tertiary/aromatic N) is 2. The number of rotatable bonds is 6. The third kappa shape index (κ3) is 6.07. The van der Waals surface area contributed by atoms with Crippen molar-refractivity contribution in [3.05, 3.63) is 24.3 Å². The first-order chi connectivity index (χ1) is 10.9. The second-order valence-electron chi connectivity index (χ2n) is 5.81. The summed E-state index contributed by atoms with van der Waals surface area (Å²) in [4.78, 5) is 12.0. The number of hydrogen-bond acceptors (Lipinski definition) is 7. The van der Waals surface area contributed by atoms with Gasteiger partial charge in [0.1, 0.15) is 5.75 Å². The molecule has 1 amide bonds. The van der Waals surface area contributed by atoms with E-state index in [1.54, 1.807) is 31.4 Å². The lowest BCUT2D eigenvalue weighted by Gasteiger charge is -2.18. The van der Waals surface area contributed by atoms with E-state index < -0.39 is 0 Å². The molecule has 0 radical (unpaired) electrons. The maximum Gasteiger partial charge on any atom is 0.234 e. The number of ether oxygens (including phenoxy) is 1. The zero-order chi connectivity index (χ0) is 16.9. The van der Waals surface area contributed by atoms with Crippen molar-refractivity contribution in [2.75, 3.05) is 23.5 Å². The molecule has 0 aliphatic carbocycles. The van der Waals surface area contributed by atoms with Crippen LogP contribution in [0, 0.1) is 0 Å². The van der Waals surface area contributed by atoms with Crippen LogP contribution < -0.4 is 15.4 Å². The Bertz CT molecular complexity index is 650. The quantitative estimate of drug-likeness (QED) is 0.775. The van der Waals surface area contributed by atoms with E-state index in [4.69, 9.17) is 4.74 Å². The van der Waals surface area contributed by atoms with Gasteiger partial charge >= 0.3 is 0 Å². The van der Waals surface area contributed by atoms with Crippen LogP contribution >= 0.6 is 23.1 Å². The topological polar surface area (TPSA) is 76.1 Å². The van der Waals surface area contributed by atoms with Crippen molar-refractivity contribution >= 4 is 39.8 Å². The van der Waals surface area contributed by atoms with Gasteiger partial charge in [0.15, 0.2) is 4.34 Å². The van der Waals surface area contributed by atoms with E-state index in [1.807, 2.05) is 0 Å². The summed E-state index contributed by atoms with van der Waals surface area (Å²) in [6.07, 6.45) is 0. The Hall–Kier alpha value is -1.80. The smallest absolute Gasteiger partial charge is 0.234 e. The van der Waals surface area contributed by atoms with Gasteiger partial charge in [-0.3, -0.25) is 4.79 Å². The normalized spacial score (nSPS) is 11.1. The minimum atomic E-state index is -0.0827. The number of aromatic nitrogens is 2. The van der Waals surface area contributed by atoms with Crippen molar-refractivity contribution in [1.82, 2.24) is 10.2 Å². The molecule has 0 atom stereocenters. The Labute approximate surface area is 144 Å². The third-order valence-corrected chi connectivity index (χ3v) is 4.56. The summed E-state index contributed by atoms with van der Waals surface area (Å²) in [7, 11) is 1.61. The van der Waals surface area contributed by atoms with Crippen LogP contribution in [0.15, 0.2) is 28.6 Å². The fraction of sp³-hybridized carbons (Fsp3) is 0.400. The fourth-order valence-corrected chi connectivity index (χ4v) is 3.40. The van der Waals surface area contributed by atoms with Crippen molar-refractivity contribution in [1.29, 1.82) is 0 Å². The summed E-state index contributed by atoms with van der Waals surface area (Å²) >= 11 is 2.82. The molecule has 0 bridgehead atoms. The lowest BCUT2D eigenvalue weighted by atomic mass is 10.1. The molecule has 2 aromatic rings. The number of methoxy groups -OCH3 is 1. The van der Waals surface area contributed by atoms with Crippen LogP contribution in [0.2, 0.25) is 0 Å². The molecule has 0 spiro atoms. The summed E-state index contributed by atoms with van der Waals surface area (Å²) in [5, 5.41) is 15.0. The van der Waals surface area contributed by atoms with Crippen molar-refractivity contribution in [2.45, 2.75) is 30.6 Å². The molecule has 0 fully saturated rings. The fourth-order valence-electron chi connectivity index (χ4n) is 1.64. The maximum absolute atomic E-state index is 12.0. The Morgan fingerprint density at radius 3 is 2.57 bits per heavy atom. The summed E-state index contributed by atoms with van der Waals surface area (Å²) in [6, 6.07) is 7.21. The van der Waals surface area contributed by atoms with E-state index in [0.717, 1.165) is 20.9 Å². The molecule has 0 aliphatic rings. The number of thioether (sulfide) groups is 1. The minimum Gasteiger partial charge on any atom is -0.497 e. The number of carbonyl (C=O) groups is 1. The molecular formula is C15H20N4O2S2. The Morgan fingerprint density at radius 1 is 1.26 bits per heavy atom. The van der Waals surface area contributed by atoms with Gasteiger partial charge in [0.25, 0.3) is 0 Å². The van der Waals surface area contributed by atoms with Crippen LogP contribution in [0.3, 0.4) is 0 Å². The van der Waals surface area contributed by atoms with E-state index in [-0.39, 0.29) is 17.2 Å². The maximum atomic E-state index is 12.0. The Kier molecular flexibility index (Phi) is 5.84. The highest BCUT2D eigenvalue weighted by Crippen LogP contribution is 2.27. The van der Waals surface area contributed by atoms with Crippen LogP contribution in [0.1, 0.15) is 20.8 Å². The standard InChI is InChI=1S/C15H20N4O2S2/c1-15(2,3)17-13-18-19-14(23-13)22-9-12(20)16-10-5-7-11(21-4)8-6-10/h5-8H,9H2,1-4H3,(H,16,20)(H,17,18). The number of carbonyl (C=O) groups excluding carboxylic acids is 1. The van der Waals surface area contributed by atoms with Gasteiger partial charge < -0.3 is 15.4 Å². The summed E-state index contributed by atoms with van der Waals surface area (Å²) in [5.41, 5.74) is 0.677. The van der Waals surface area contributed by atoms with Gasteiger partial charge in [-0.05, 0) is 45.0 Å². The molecule has 1 aromatic heterocycles. The van der Waals surface area contributed by atoms with Gasteiger partial charge in [-0.15, -0.1) is 10.2 Å². The molecule has 2 N–H and O–H groups in total. The number of benzene rings is 1. The molecule has 6 nitrogen and oxygen atoms in total. The number of anilines is 2. The molecule has 1 heterocycles. The number of amides is 1. The van der Waals surface area contributed by atoms with E-state index in [2.05, 4.69) is 41.6 Å². The molecule has 0 saturated carbocycles. The van der Waals surface area contributed by atoms with E-state index in [9.17, 15) is 4.79 Å². The summed E-state index contributed by atoms with van der Waals surface area (Å²) in [5.74, 6) is 0.960. The first-order valence-corrected chi connectivity index (χ1v) is 8.84. The van der Waals surface area contributed by atoms with Crippen molar-refractivity contribution in [3.8, 4) is 5.75 Å². The first kappa shape index (κ1) is 17.6. The van der Waals surface area contributed by atoms with Crippen molar-refractivity contribution < 1.29 is 9.53 Å². The highest BCUT2D eigenvalue weighted by atomic mass is 32.2. The number of nitrogens with one attached hydrogen (secondary N) is 2. The highest BCUT2D eigenvalue weighted by molar-refractivity contribution is 8.01. The third-order valence-electron chi connectivity index (χ3n) is 2.59. The average molecular weight is 352 g/mol. The monoisotopic (exact) mass is 352 g/mol. The van der Waals surface area contributed by atoms with E-state index in [1.165, 1.54) is 23.1 Å². The first-order valence-electron chi connectivity index (χ1n) is 7.04. The molecule has 8 heteroatoms. The molecular weight excluding hydrogens is 332 g/mol. The zero-order valence-corrected chi connectivity index (χ0v) is 15.2. The van der Waals surface area contributed by atoms with Crippen LogP contribution in [0.4, 0.5) is 10.8 Å². The van der Waals surface area contributed by atoms with E-state index >= 15 is 0 Å². The highest BCUT2D eigenvalue weighted by Gasteiger charge is 2.14. The van der Waals surface area contributed by atoms with Crippen molar-refractivity contribution in [2.24, 2.45) is 0 Å². The minimum absolute atomic E-state index is 0.0623. The van der Waals surface area contributed by atoms with E-state index in [0.29, 0.717) is 0 Å². The second kappa shape index (κ2) is 7.65. The van der Waals surface area contributed by atoms with Crippen LogP contribution in [-0.4, -0.2) is 34.5 Å². The molecule has 0 unspecified atom stereocenters. The van der Waals surface area contributed by atoms with Gasteiger partial charge in [0.05, 0.1) is 12.9 Å². The molecule has 124 valence electrons. The van der Waals surface area contributed by atoms with Crippen LogP contribution in [0.25, 0.3) is 0 Å². The SMILES string of the molecule is COc1ccc(NC(=O)CSc2nnc(NC(C)(C)C)s2)cc1. The van der Waals surface area contributed by atoms with Crippen LogP contribution in [0.5, 0.6) is 5.75 Å². The Morgan fingerprint density at radius 2 is 1.96 bits per heavy atom. The zero-order valence-electron chi connectivity index (χ0n) is 13.5. The lowest BCUT2D eigenvalue weighted by molar-refractivity contribution is -0.113. The molecule has 1 aromatic carbocycles. The average Bonchev–Trinajstić information content (AvgIpc) is 2.91. The second-order valence-corrected chi connectivity index (χ2v) is 8.01. The van der Waals surface area contributed by atoms with Gasteiger partial charge in [-0.1, -0.05) is 23.1 Å². The molecule has 0 saturated heterocycles. The summed E-state index contributed by atoms with van der Waals surface area (Å²) in [6.45, 7) is 6.18. The van der Waals surface area contributed by atoms with Crippen molar-refractivity contribution in [3.63, 3.8) is 0 Å². The Balaban J connectivity index is 1.82. The number of hydrogen-bond donors (Lipinski definition) is 2. The predicted octanol–water partition coefficient (Wildman–Crippen LogP) is 3.49. The predicted molar refractivity (Wildman–Crippen MR) is 95.6 cm³/mol. The molecule has 0 aliphatic heterocycles.